The van der Waals surface area contributed by atoms with Crippen LogP contribution in [0.5, 0.6) is 0 Å². The first-order valence-corrected chi connectivity index (χ1v) is 9.23. The van der Waals surface area contributed by atoms with Gasteiger partial charge >= 0.3 is 0 Å². The molecule has 2 aromatic rings. The summed E-state index contributed by atoms with van der Waals surface area (Å²) in [7, 11) is 0. The van der Waals surface area contributed by atoms with Gasteiger partial charge in [-0.1, -0.05) is 6.92 Å². The van der Waals surface area contributed by atoms with Crippen molar-refractivity contribution in [2.24, 2.45) is 11.3 Å². The van der Waals surface area contributed by atoms with E-state index < -0.39 is 5.82 Å². The van der Waals surface area contributed by atoms with Gasteiger partial charge in [-0.2, -0.15) is 0 Å². The third-order valence-corrected chi connectivity index (χ3v) is 6.16. The second kappa shape index (κ2) is 6.36. The van der Waals surface area contributed by atoms with Crippen LogP contribution in [0, 0.1) is 29.9 Å². The van der Waals surface area contributed by atoms with Crippen LogP contribution >= 0.6 is 0 Å². The normalized spacial score (nSPS) is 25.9. The van der Waals surface area contributed by atoms with Crippen molar-refractivity contribution in [3.05, 3.63) is 59.4 Å². The third-order valence-electron chi connectivity index (χ3n) is 6.16. The lowest BCUT2D eigenvalue weighted by Crippen LogP contribution is -2.77. The van der Waals surface area contributed by atoms with Crippen LogP contribution in [0.2, 0.25) is 0 Å². The fraction of sp³-hybridized carbons (Fsp3) is 0.381. The molecule has 0 saturated heterocycles. The number of nitrogens with zero attached hydrogens (tertiary/aromatic N) is 1. The highest BCUT2D eigenvalue weighted by Gasteiger charge is 2.71. The van der Waals surface area contributed by atoms with E-state index in [1.54, 1.807) is 6.92 Å². The summed E-state index contributed by atoms with van der Waals surface area (Å²) in [6.07, 6.45) is 3.51. The van der Waals surface area contributed by atoms with Gasteiger partial charge in [0, 0.05) is 23.3 Å². The molecule has 0 aliphatic heterocycles. The molecule has 3 aliphatic rings. The van der Waals surface area contributed by atoms with Crippen LogP contribution in [0.15, 0.2) is 36.5 Å². The minimum atomic E-state index is -0.507. The monoisotopic (exact) mass is 385 g/mol. The Balaban J connectivity index is 1.34. The summed E-state index contributed by atoms with van der Waals surface area (Å²) < 4.78 is 26.6. The zero-order chi connectivity index (χ0) is 20.1. The lowest BCUT2D eigenvalue weighted by molar-refractivity contribution is -0.184. The van der Waals surface area contributed by atoms with Gasteiger partial charge in [0.2, 0.25) is 5.91 Å². The van der Waals surface area contributed by atoms with Crippen LogP contribution in [-0.2, 0) is 4.79 Å². The van der Waals surface area contributed by atoms with Gasteiger partial charge in [0.15, 0.2) is 0 Å². The van der Waals surface area contributed by atoms with E-state index in [-0.39, 0.29) is 45.8 Å². The standard InChI is InChI=1S/C21H21F2N3O2/c1-12(18(27)25-16-5-3-15(22)4-6-16)20-9-21(10-20,11-20)26-19(28)14-7-17(23)13(2)24-8-14/h3-8,12H,9-11H2,1-2H3,(H,25,27)(H,26,28). The number of carbonyl (C=O) groups excluding carboxylic acids is 2. The van der Waals surface area contributed by atoms with Gasteiger partial charge in [0.1, 0.15) is 11.6 Å². The SMILES string of the molecule is Cc1ncc(C(=O)NC23CC(C(C)C(=O)Nc4ccc(F)cc4)(C2)C3)cc1F. The fourth-order valence-corrected chi connectivity index (χ4v) is 4.46. The molecular formula is C21H21F2N3O2. The largest absolute Gasteiger partial charge is 0.346 e. The van der Waals surface area contributed by atoms with Gasteiger partial charge in [-0.25, -0.2) is 8.78 Å². The van der Waals surface area contributed by atoms with Crippen molar-refractivity contribution in [1.82, 2.24) is 10.3 Å². The Hall–Kier alpha value is -2.83. The van der Waals surface area contributed by atoms with Crippen LogP contribution in [0.1, 0.15) is 42.2 Å². The maximum absolute atomic E-state index is 13.6. The number of hydrogen-bond donors (Lipinski definition) is 2. The maximum Gasteiger partial charge on any atom is 0.253 e. The average Bonchev–Trinajstić information content (AvgIpc) is 2.60. The van der Waals surface area contributed by atoms with E-state index in [4.69, 9.17) is 0 Å². The van der Waals surface area contributed by atoms with Crippen molar-refractivity contribution in [2.45, 2.75) is 38.6 Å². The van der Waals surface area contributed by atoms with Crippen molar-refractivity contribution in [3.63, 3.8) is 0 Å². The second-order valence-corrected chi connectivity index (χ2v) is 8.14. The first kappa shape index (κ1) is 18.5. The molecule has 1 heterocycles. The number of benzene rings is 1. The molecular weight excluding hydrogens is 364 g/mol. The summed E-state index contributed by atoms with van der Waals surface area (Å²) in [5.41, 5.74) is 0.560. The van der Waals surface area contributed by atoms with Crippen molar-refractivity contribution < 1.29 is 18.4 Å². The highest BCUT2D eigenvalue weighted by molar-refractivity contribution is 5.95. The number of carbonyl (C=O) groups is 2. The number of hydrogen-bond acceptors (Lipinski definition) is 3. The van der Waals surface area contributed by atoms with E-state index in [1.807, 2.05) is 6.92 Å². The van der Waals surface area contributed by atoms with Gasteiger partial charge in [-0.3, -0.25) is 14.6 Å². The van der Waals surface area contributed by atoms with E-state index in [0.29, 0.717) is 24.9 Å². The summed E-state index contributed by atoms with van der Waals surface area (Å²) >= 11 is 0. The van der Waals surface area contributed by atoms with Gasteiger partial charge in [-0.05, 0) is 61.9 Å². The number of halogens is 2. The maximum atomic E-state index is 13.6. The molecule has 0 radical (unpaired) electrons. The predicted octanol–water partition coefficient (Wildman–Crippen LogP) is 3.60. The first-order valence-electron chi connectivity index (χ1n) is 9.23. The number of aromatic nitrogens is 1. The Bertz CT molecular complexity index is 939. The number of pyridine rings is 1. The van der Waals surface area contributed by atoms with E-state index in [0.717, 1.165) is 0 Å². The van der Waals surface area contributed by atoms with Crippen LogP contribution in [0.3, 0.4) is 0 Å². The lowest BCUT2D eigenvalue weighted by atomic mass is 9.36. The Morgan fingerprint density at radius 2 is 1.79 bits per heavy atom. The van der Waals surface area contributed by atoms with E-state index in [2.05, 4.69) is 15.6 Å². The number of rotatable bonds is 5. The van der Waals surface area contributed by atoms with E-state index in [9.17, 15) is 18.4 Å². The summed E-state index contributed by atoms with van der Waals surface area (Å²) in [4.78, 5) is 28.8. The molecule has 146 valence electrons. The molecule has 3 fully saturated rings. The van der Waals surface area contributed by atoms with E-state index >= 15 is 0 Å². The summed E-state index contributed by atoms with van der Waals surface area (Å²) in [5, 5.41) is 5.79. The molecule has 1 unspecified atom stereocenters. The van der Waals surface area contributed by atoms with Gasteiger partial charge in [0.25, 0.3) is 5.91 Å². The highest BCUT2D eigenvalue weighted by Crippen LogP contribution is 2.70. The molecule has 3 aliphatic carbocycles. The number of amides is 2. The van der Waals surface area contributed by atoms with Crippen LogP contribution in [0.4, 0.5) is 14.5 Å². The minimum Gasteiger partial charge on any atom is -0.346 e. The topological polar surface area (TPSA) is 71.1 Å². The molecule has 5 rings (SSSR count). The fourth-order valence-electron chi connectivity index (χ4n) is 4.46. The Labute approximate surface area is 161 Å². The third kappa shape index (κ3) is 3.04. The van der Waals surface area contributed by atoms with Crippen molar-refractivity contribution in [1.29, 1.82) is 0 Å². The van der Waals surface area contributed by atoms with Crippen LogP contribution in [-0.4, -0.2) is 22.3 Å². The van der Waals surface area contributed by atoms with Gasteiger partial charge in [0.05, 0.1) is 11.3 Å². The van der Waals surface area contributed by atoms with E-state index in [1.165, 1.54) is 36.5 Å². The molecule has 2 amide bonds. The minimum absolute atomic E-state index is 0.115. The molecule has 2 bridgehead atoms. The van der Waals surface area contributed by atoms with Gasteiger partial charge in [-0.15, -0.1) is 0 Å². The quantitative estimate of drug-likeness (QED) is 0.826. The summed E-state index contributed by atoms with van der Waals surface area (Å²) in [5.74, 6) is -1.55. The molecule has 1 aromatic carbocycles. The Morgan fingerprint density at radius 1 is 1.14 bits per heavy atom. The first-order chi connectivity index (χ1) is 13.2. The van der Waals surface area contributed by atoms with Crippen molar-refractivity contribution in [3.8, 4) is 0 Å². The number of nitrogens with one attached hydrogen (secondary N) is 2. The van der Waals surface area contributed by atoms with Crippen LogP contribution in [0.25, 0.3) is 0 Å². The smallest absolute Gasteiger partial charge is 0.253 e. The summed E-state index contributed by atoms with van der Waals surface area (Å²) in [6, 6.07) is 6.84. The number of aryl methyl sites for hydroxylation is 1. The highest BCUT2D eigenvalue weighted by atomic mass is 19.1. The molecule has 7 heteroatoms. The molecule has 1 aromatic heterocycles. The average molecular weight is 385 g/mol. The lowest BCUT2D eigenvalue weighted by Gasteiger charge is -2.72. The van der Waals surface area contributed by atoms with Crippen molar-refractivity contribution in [2.75, 3.05) is 5.32 Å². The molecule has 5 nitrogen and oxygen atoms in total. The Morgan fingerprint density at radius 3 is 2.39 bits per heavy atom. The van der Waals surface area contributed by atoms with Gasteiger partial charge < -0.3 is 10.6 Å². The van der Waals surface area contributed by atoms with Crippen LogP contribution < -0.4 is 10.6 Å². The molecule has 1 atom stereocenters. The Kier molecular flexibility index (Phi) is 4.21. The molecule has 28 heavy (non-hydrogen) atoms. The zero-order valence-corrected chi connectivity index (χ0v) is 15.7. The molecule has 3 saturated carbocycles. The number of anilines is 1. The molecule has 0 spiro atoms. The summed E-state index contributed by atoms with van der Waals surface area (Å²) in [6.45, 7) is 3.42. The second-order valence-electron chi connectivity index (χ2n) is 8.14. The predicted molar refractivity (Wildman–Crippen MR) is 99.6 cm³/mol. The zero-order valence-electron chi connectivity index (χ0n) is 15.7. The molecule has 2 N–H and O–H groups in total. The van der Waals surface area contributed by atoms with Crippen molar-refractivity contribution >= 4 is 17.5 Å².